The fourth-order valence-corrected chi connectivity index (χ4v) is 2.25. The molecule has 114 valence electrons. The van der Waals surface area contributed by atoms with Gasteiger partial charge in [-0.2, -0.15) is 0 Å². The van der Waals surface area contributed by atoms with Crippen molar-refractivity contribution in [2.75, 3.05) is 30.5 Å². The minimum atomic E-state index is -0.142. The van der Waals surface area contributed by atoms with Gasteiger partial charge in [-0.25, -0.2) is 0 Å². The Hall–Kier alpha value is -2.59. The highest BCUT2D eigenvalue weighted by Gasteiger charge is 2.20. The number of hydrogen-bond donors (Lipinski definition) is 1. The molecule has 4 nitrogen and oxygen atoms in total. The van der Waals surface area contributed by atoms with Crippen molar-refractivity contribution in [1.82, 2.24) is 0 Å². The molecule has 4 heteroatoms. The second-order valence-electron chi connectivity index (χ2n) is 4.81. The number of hydrogen-bond acceptors (Lipinski definition) is 2. The number of para-hydroxylation sites is 2. The number of nitrogens with zero attached hydrogens (tertiary/aromatic N) is 3. The summed E-state index contributed by atoms with van der Waals surface area (Å²) in [6, 6.07) is 19.7. The molecule has 0 radical (unpaired) electrons. The third kappa shape index (κ3) is 3.35. The molecule has 1 N–H and O–H groups in total. The highest BCUT2D eigenvalue weighted by molar-refractivity contribution is 6.08. The molecular formula is C18H21N3O. The predicted octanol–water partition coefficient (Wildman–Crippen LogP) is 3.12. The maximum absolute atomic E-state index is 9.55. The molecule has 0 aliphatic carbocycles. The van der Waals surface area contributed by atoms with Gasteiger partial charge in [0, 0.05) is 31.2 Å². The molecule has 0 saturated heterocycles. The number of rotatable bonds is 4. The number of anilines is 2. The normalized spacial score (nSPS) is 11.1. The molecule has 0 heterocycles. The summed E-state index contributed by atoms with van der Waals surface area (Å²) in [6.45, 7) is 3.82. The van der Waals surface area contributed by atoms with Crippen LogP contribution < -0.4 is 9.80 Å². The molecule has 2 rings (SSSR count). The SMILES string of the molecule is C=C(CO)N(C(=NC)N(C)c1ccccc1)c1ccccc1. The van der Waals surface area contributed by atoms with E-state index in [0.29, 0.717) is 11.7 Å². The van der Waals surface area contributed by atoms with Gasteiger partial charge in [0.25, 0.3) is 0 Å². The van der Waals surface area contributed by atoms with Crippen LogP contribution in [0, 0.1) is 0 Å². The summed E-state index contributed by atoms with van der Waals surface area (Å²) in [6.07, 6.45) is 0. The summed E-state index contributed by atoms with van der Waals surface area (Å²) in [5, 5.41) is 9.55. The van der Waals surface area contributed by atoms with Crippen molar-refractivity contribution in [2.24, 2.45) is 4.99 Å². The van der Waals surface area contributed by atoms with Gasteiger partial charge in [0.1, 0.15) is 0 Å². The fraction of sp³-hybridized carbons (Fsp3) is 0.167. The summed E-state index contributed by atoms with van der Waals surface area (Å²) in [7, 11) is 3.67. The second kappa shape index (κ2) is 7.43. The van der Waals surface area contributed by atoms with Crippen molar-refractivity contribution in [3.8, 4) is 0 Å². The molecule has 0 bridgehead atoms. The molecular weight excluding hydrogens is 274 g/mol. The van der Waals surface area contributed by atoms with Crippen molar-refractivity contribution >= 4 is 17.3 Å². The van der Waals surface area contributed by atoms with Crippen LogP contribution in [0.5, 0.6) is 0 Å². The first-order valence-electron chi connectivity index (χ1n) is 7.08. The summed E-state index contributed by atoms with van der Waals surface area (Å²) >= 11 is 0. The maximum Gasteiger partial charge on any atom is 0.209 e. The number of benzene rings is 2. The molecule has 0 fully saturated rings. The van der Waals surface area contributed by atoms with E-state index in [1.807, 2.05) is 77.5 Å². The smallest absolute Gasteiger partial charge is 0.209 e. The Bertz CT molecular complexity index is 638. The Kier molecular flexibility index (Phi) is 5.33. The molecule has 22 heavy (non-hydrogen) atoms. The van der Waals surface area contributed by atoms with E-state index in [4.69, 9.17) is 0 Å². The molecule has 2 aromatic rings. The topological polar surface area (TPSA) is 39.1 Å². The molecule has 2 aromatic carbocycles. The van der Waals surface area contributed by atoms with E-state index < -0.39 is 0 Å². The van der Waals surface area contributed by atoms with Gasteiger partial charge in [-0.3, -0.25) is 9.89 Å². The zero-order valence-corrected chi connectivity index (χ0v) is 13.0. The molecule has 0 atom stereocenters. The standard InChI is InChI=1S/C18H21N3O/c1-15(14-22)21(17-12-8-5-9-13-17)18(19-2)20(3)16-10-6-4-7-11-16/h4-13,22H,1,14H2,2-3H3. The lowest BCUT2D eigenvalue weighted by Gasteiger charge is -2.32. The van der Waals surface area contributed by atoms with Crippen LogP contribution in [0.1, 0.15) is 0 Å². The Morgan fingerprint density at radius 3 is 1.95 bits per heavy atom. The van der Waals surface area contributed by atoms with E-state index in [1.54, 1.807) is 7.05 Å². The zero-order valence-electron chi connectivity index (χ0n) is 13.0. The molecule has 0 spiro atoms. The van der Waals surface area contributed by atoms with Crippen LogP contribution in [0.4, 0.5) is 11.4 Å². The van der Waals surface area contributed by atoms with Gasteiger partial charge >= 0.3 is 0 Å². The number of aliphatic hydroxyl groups is 1. The van der Waals surface area contributed by atoms with Crippen molar-refractivity contribution in [1.29, 1.82) is 0 Å². The van der Waals surface area contributed by atoms with Crippen molar-refractivity contribution in [3.05, 3.63) is 72.9 Å². The van der Waals surface area contributed by atoms with Crippen LogP contribution in [-0.4, -0.2) is 31.8 Å². The molecule has 0 aromatic heterocycles. The number of guanidine groups is 1. The Labute approximate surface area is 131 Å². The van der Waals surface area contributed by atoms with Crippen LogP contribution >= 0.6 is 0 Å². The Balaban J connectivity index is 2.43. The molecule has 0 aliphatic rings. The van der Waals surface area contributed by atoms with Gasteiger partial charge < -0.3 is 10.0 Å². The van der Waals surface area contributed by atoms with Gasteiger partial charge in [0.15, 0.2) is 0 Å². The van der Waals surface area contributed by atoms with Crippen molar-refractivity contribution < 1.29 is 5.11 Å². The first-order valence-corrected chi connectivity index (χ1v) is 7.08. The minimum absolute atomic E-state index is 0.142. The quantitative estimate of drug-likeness (QED) is 0.696. The van der Waals surface area contributed by atoms with E-state index in [1.165, 1.54) is 0 Å². The highest BCUT2D eigenvalue weighted by Crippen LogP contribution is 2.22. The van der Waals surface area contributed by atoms with Gasteiger partial charge in [-0.05, 0) is 24.3 Å². The first kappa shape index (κ1) is 15.8. The summed E-state index contributed by atoms with van der Waals surface area (Å²) in [5.74, 6) is 0.691. The third-order valence-corrected chi connectivity index (χ3v) is 3.36. The molecule has 0 saturated carbocycles. The Morgan fingerprint density at radius 2 is 1.50 bits per heavy atom. The van der Waals surface area contributed by atoms with Gasteiger partial charge in [0.05, 0.1) is 6.61 Å². The van der Waals surface area contributed by atoms with Crippen LogP contribution in [0.25, 0.3) is 0 Å². The number of aliphatic hydroxyl groups excluding tert-OH is 1. The lowest BCUT2D eigenvalue weighted by atomic mass is 10.2. The second-order valence-corrected chi connectivity index (χ2v) is 4.81. The average molecular weight is 295 g/mol. The third-order valence-electron chi connectivity index (χ3n) is 3.36. The average Bonchev–Trinajstić information content (AvgIpc) is 2.60. The van der Waals surface area contributed by atoms with Crippen LogP contribution in [0.2, 0.25) is 0 Å². The van der Waals surface area contributed by atoms with E-state index >= 15 is 0 Å². The molecule has 0 aliphatic heterocycles. The van der Waals surface area contributed by atoms with Gasteiger partial charge in [-0.1, -0.05) is 43.0 Å². The van der Waals surface area contributed by atoms with E-state index in [9.17, 15) is 5.11 Å². The zero-order chi connectivity index (χ0) is 15.9. The molecule has 0 unspecified atom stereocenters. The Morgan fingerprint density at radius 1 is 1.00 bits per heavy atom. The fourth-order valence-electron chi connectivity index (χ4n) is 2.25. The van der Waals surface area contributed by atoms with Gasteiger partial charge in [0.2, 0.25) is 5.96 Å². The van der Waals surface area contributed by atoms with E-state index in [2.05, 4.69) is 11.6 Å². The van der Waals surface area contributed by atoms with Crippen LogP contribution in [0.3, 0.4) is 0 Å². The lowest BCUT2D eigenvalue weighted by molar-refractivity contribution is 0.330. The summed E-state index contributed by atoms with van der Waals surface area (Å²) < 4.78 is 0. The van der Waals surface area contributed by atoms with Gasteiger partial charge in [-0.15, -0.1) is 0 Å². The minimum Gasteiger partial charge on any atom is -0.390 e. The maximum atomic E-state index is 9.55. The first-order chi connectivity index (χ1) is 10.7. The molecule has 0 amide bonds. The highest BCUT2D eigenvalue weighted by atomic mass is 16.3. The largest absolute Gasteiger partial charge is 0.390 e. The predicted molar refractivity (Wildman–Crippen MR) is 93.4 cm³/mol. The van der Waals surface area contributed by atoms with Crippen molar-refractivity contribution in [2.45, 2.75) is 0 Å². The van der Waals surface area contributed by atoms with Crippen molar-refractivity contribution in [3.63, 3.8) is 0 Å². The van der Waals surface area contributed by atoms with E-state index in [0.717, 1.165) is 11.4 Å². The van der Waals surface area contributed by atoms with Crippen LogP contribution in [0.15, 0.2) is 77.9 Å². The number of aliphatic imine (C=N–C) groups is 1. The summed E-state index contributed by atoms with van der Waals surface area (Å²) in [4.78, 5) is 8.23. The summed E-state index contributed by atoms with van der Waals surface area (Å²) in [5.41, 5.74) is 2.48. The monoisotopic (exact) mass is 295 g/mol. The lowest BCUT2D eigenvalue weighted by Crippen LogP contribution is -2.43. The van der Waals surface area contributed by atoms with Crippen LogP contribution in [-0.2, 0) is 0 Å². The van der Waals surface area contributed by atoms with E-state index in [-0.39, 0.29) is 6.61 Å².